The van der Waals surface area contributed by atoms with Gasteiger partial charge in [0.1, 0.15) is 12.1 Å². The molecule has 7 heteroatoms. The second-order valence-corrected chi connectivity index (χ2v) is 9.36. The zero-order chi connectivity index (χ0) is 22.0. The molecule has 0 bridgehead atoms. The number of nitrogens with one attached hydrogen (secondary N) is 1. The first-order chi connectivity index (χ1) is 14.9. The summed E-state index contributed by atoms with van der Waals surface area (Å²) < 4.78 is 0. The largest absolute Gasteiger partial charge is 0.354 e. The average molecular weight is 427 g/mol. The predicted octanol–water partition coefficient (Wildman–Crippen LogP) is 2.23. The molecular formula is C24H34N4O3. The molecule has 1 aromatic carbocycles. The number of likely N-dealkylation sites (tertiary alicyclic amines) is 1. The topological polar surface area (TPSA) is 73.0 Å². The van der Waals surface area contributed by atoms with Crippen LogP contribution in [0.4, 0.5) is 5.69 Å². The van der Waals surface area contributed by atoms with Crippen molar-refractivity contribution in [3.05, 3.63) is 30.3 Å². The van der Waals surface area contributed by atoms with Crippen molar-refractivity contribution in [1.29, 1.82) is 0 Å². The van der Waals surface area contributed by atoms with E-state index in [-0.39, 0.29) is 30.2 Å². The molecule has 1 spiro atoms. The lowest BCUT2D eigenvalue weighted by atomic mass is 9.85. The molecule has 3 amide bonds. The maximum absolute atomic E-state index is 13.6. The van der Waals surface area contributed by atoms with Crippen molar-refractivity contribution in [2.75, 3.05) is 37.7 Å². The number of hydrogen-bond donors (Lipinski definition) is 1. The number of amides is 3. The second kappa shape index (κ2) is 8.89. The molecule has 1 atom stereocenters. The van der Waals surface area contributed by atoms with E-state index in [1.807, 2.05) is 35.2 Å². The number of carbonyl (C=O) groups is 3. The molecule has 3 fully saturated rings. The molecule has 1 aromatic rings. The van der Waals surface area contributed by atoms with Crippen LogP contribution < -0.4 is 10.2 Å². The fourth-order valence-corrected chi connectivity index (χ4v) is 4.67. The summed E-state index contributed by atoms with van der Waals surface area (Å²) in [4.78, 5) is 44.4. The number of carbonyl (C=O) groups excluding carboxylic acids is 3. The number of para-hydroxylation sites is 1. The Morgan fingerprint density at radius 1 is 1.16 bits per heavy atom. The maximum Gasteiger partial charge on any atom is 0.250 e. The summed E-state index contributed by atoms with van der Waals surface area (Å²) in [5.41, 5.74) is 0.305. The lowest BCUT2D eigenvalue weighted by molar-refractivity contribution is -0.140. The van der Waals surface area contributed by atoms with Crippen LogP contribution in [0, 0.1) is 11.8 Å². The predicted molar refractivity (Wildman–Crippen MR) is 119 cm³/mol. The SMILES string of the molecule is CCC(C)CNC(=O)CN1CN(c2ccccc2)C2(CCN(C(=O)C3CC3)CC2)C1=O. The Morgan fingerprint density at radius 3 is 2.45 bits per heavy atom. The van der Waals surface area contributed by atoms with Gasteiger partial charge in [-0.25, -0.2) is 0 Å². The van der Waals surface area contributed by atoms with Gasteiger partial charge in [0.2, 0.25) is 11.8 Å². The molecule has 1 unspecified atom stereocenters. The van der Waals surface area contributed by atoms with Gasteiger partial charge in [-0.15, -0.1) is 0 Å². The number of nitrogens with zero attached hydrogens (tertiary/aromatic N) is 3. The molecule has 0 radical (unpaired) electrons. The van der Waals surface area contributed by atoms with Gasteiger partial charge in [0, 0.05) is 31.2 Å². The van der Waals surface area contributed by atoms with Crippen LogP contribution in [0.2, 0.25) is 0 Å². The number of piperidine rings is 1. The van der Waals surface area contributed by atoms with E-state index in [0.717, 1.165) is 24.9 Å². The summed E-state index contributed by atoms with van der Waals surface area (Å²) in [5.74, 6) is 0.754. The average Bonchev–Trinajstić information content (AvgIpc) is 3.62. The molecule has 7 nitrogen and oxygen atoms in total. The third-order valence-corrected chi connectivity index (χ3v) is 7.09. The highest BCUT2D eigenvalue weighted by molar-refractivity contribution is 5.96. The van der Waals surface area contributed by atoms with E-state index < -0.39 is 5.54 Å². The van der Waals surface area contributed by atoms with Gasteiger partial charge < -0.3 is 20.0 Å². The van der Waals surface area contributed by atoms with Gasteiger partial charge in [-0.1, -0.05) is 38.5 Å². The molecule has 2 heterocycles. The minimum Gasteiger partial charge on any atom is -0.354 e. The van der Waals surface area contributed by atoms with Crippen LogP contribution in [0.3, 0.4) is 0 Å². The van der Waals surface area contributed by atoms with Crippen LogP contribution in [0.1, 0.15) is 46.0 Å². The summed E-state index contributed by atoms with van der Waals surface area (Å²) in [6.45, 7) is 6.49. The Labute approximate surface area is 184 Å². The van der Waals surface area contributed by atoms with E-state index in [1.165, 1.54) is 0 Å². The van der Waals surface area contributed by atoms with Crippen molar-refractivity contribution >= 4 is 23.4 Å². The normalized spacial score (nSPS) is 21.5. The standard InChI is InChI=1S/C24H34N4O3/c1-3-18(2)15-25-21(29)16-27-17-28(20-7-5-4-6-8-20)24(23(27)31)11-13-26(14-12-24)22(30)19-9-10-19/h4-8,18-19H,3,9-17H2,1-2H3,(H,25,29). The van der Waals surface area contributed by atoms with E-state index in [9.17, 15) is 14.4 Å². The molecule has 0 aromatic heterocycles. The molecule has 4 rings (SSSR count). The first-order valence-corrected chi connectivity index (χ1v) is 11.6. The number of benzene rings is 1. The third kappa shape index (κ3) is 4.41. The number of hydrogen-bond acceptors (Lipinski definition) is 4. The Kier molecular flexibility index (Phi) is 6.21. The molecule has 1 aliphatic carbocycles. The van der Waals surface area contributed by atoms with Gasteiger partial charge in [0.15, 0.2) is 0 Å². The quantitative estimate of drug-likeness (QED) is 0.726. The van der Waals surface area contributed by atoms with Gasteiger partial charge in [-0.05, 0) is 43.7 Å². The van der Waals surface area contributed by atoms with Gasteiger partial charge in [0.25, 0.3) is 5.91 Å². The molecule has 1 N–H and O–H groups in total. The van der Waals surface area contributed by atoms with E-state index in [2.05, 4.69) is 24.1 Å². The molecule has 2 aliphatic heterocycles. The van der Waals surface area contributed by atoms with E-state index in [4.69, 9.17) is 0 Å². The summed E-state index contributed by atoms with van der Waals surface area (Å²) >= 11 is 0. The van der Waals surface area contributed by atoms with Gasteiger partial charge in [-0.3, -0.25) is 14.4 Å². The Balaban J connectivity index is 1.49. The van der Waals surface area contributed by atoms with Crippen LogP contribution in [0.25, 0.3) is 0 Å². The Morgan fingerprint density at radius 2 is 1.84 bits per heavy atom. The second-order valence-electron chi connectivity index (χ2n) is 9.36. The first kappa shape index (κ1) is 21.7. The monoisotopic (exact) mass is 426 g/mol. The third-order valence-electron chi connectivity index (χ3n) is 7.09. The molecule has 31 heavy (non-hydrogen) atoms. The fourth-order valence-electron chi connectivity index (χ4n) is 4.67. The minimum atomic E-state index is -0.682. The van der Waals surface area contributed by atoms with Crippen molar-refractivity contribution in [3.63, 3.8) is 0 Å². The van der Waals surface area contributed by atoms with E-state index >= 15 is 0 Å². The van der Waals surface area contributed by atoms with Crippen LogP contribution >= 0.6 is 0 Å². The highest BCUT2D eigenvalue weighted by Crippen LogP contribution is 2.40. The van der Waals surface area contributed by atoms with Gasteiger partial charge in [0.05, 0.1) is 6.67 Å². The van der Waals surface area contributed by atoms with Gasteiger partial charge in [-0.2, -0.15) is 0 Å². The zero-order valence-electron chi connectivity index (χ0n) is 18.7. The maximum atomic E-state index is 13.6. The summed E-state index contributed by atoms with van der Waals surface area (Å²) in [5, 5.41) is 2.96. The zero-order valence-corrected chi connectivity index (χ0v) is 18.7. The van der Waals surface area contributed by atoms with E-state index in [0.29, 0.717) is 45.1 Å². The molecule has 1 saturated carbocycles. The summed E-state index contributed by atoms with van der Waals surface area (Å²) in [6.07, 6.45) is 4.20. The first-order valence-electron chi connectivity index (χ1n) is 11.6. The number of rotatable bonds is 7. The van der Waals surface area contributed by atoms with Crippen LogP contribution in [-0.2, 0) is 14.4 Å². The summed E-state index contributed by atoms with van der Waals surface area (Å²) in [7, 11) is 0. The lowest BCUT2D eigenvalue weighted by Crippen LogP contribution is -2.57. The van der Waals surface area contributed by atoms with Crippen molar-refractivity contribution in [2.45, 2.75) is 51.5 Å². The molecule has 168 valence electrons. The smallest absolute Gasteiger partial charge is 0.250 e. The molecule has 2 saturated heterocycles. The molecular weight excluding hydrogens is 392 g/mol. The van der Waals surface area contributed by atoms with E-state index in [1.54, 1.807) is 4.90 Å². The Bertz CT molecular complexity index is 815. The minimum absolute atomic E-state index is 0.00793. The van der Waals surface area contributed by atoms with Crippen LogP contribution in [-0.4, -0.2) is 65.9 Å². The van der Waals surface area contributed by atoms with Crippen molar-refractivity contribution in [2.24, 2.45) is 11.8 Å². The van der Waals surface area contributed by atoms with Gasteiger partial charge >= 0.3 is 0 Å². The summed E-state index contributed by atoms with van der Waals surface area (Å²) in [6, 6.07) is 9.94. The van der Waals surface area contributed by atoms with Crippen molar-refractivity contribution in [1.82, 2.24) is 15.1 Å². The molecule has 3 aliphatic rings. The highest BCUT2D eigenvalue weighted by atomic mass is 16.2. The fraction of sp³-hybridized carbons (Fsp3) is 0.625. The number of anilines is 1. The van der Waals surface area contributed by atoms with Crippen molar-refractivity contribution < 1.29 is 14.4 Å². The van der Waals surface area contributed by atoms with Crippen molar-refractivity contribution in [3.8, 4) is 0 Å². The van der Waals surface area contributed by atoms with Crippen LogP contribution in [0.15, 0.2) is 30.3 Å². The highest BCUT2D eigenvalue weighted by Gasteiger charge is 2.54. The Hall–Kier alpha value is -2.57. The lowest BCUT2D eigenvalue weighted by Gasteiger charge is -2.43. The van der Waals surface area contributed by atoms with Crippen LogP contribution in [0.5, 0.6) is 0 Å².